The fraction of sp³-hybridized carbons (Fsp3) is 0.0435. The SMILES string of the molecule is O=C(CSc1nc(-c2ccccc2)c(-c2ccccc2)s1)Nc1ccc(F)c(Cl)c1. The average molecular weight is 455 g/mol. The van der Waals surface area contributed by atoms with Gasteiger partial charge in [0.05, 0.1) is 21.3 Å². The monoisotopic (exact) mass is 454 g/mol. The molecule has 0 radical (unpaired) electrons. The number of hydrogen-bond donors (Lipinski definition) is 1. The third kappa shape index (κ3) is 4.90. The molecule has 0 atom stereocenters. The van der Waals surface area contributed by atoms with E-state index in [9.17, 15) is 9.18 Å². The summed E-state index contributed by atoms with van der Waals surface area (Å²) in [6.45, 7) is 0. The van der Waals surface area contributed by atoms with Crippen LogP contribution in [-0.2, 0) is 4.79 Å². The topological polar surface area (TPSA) is 42.0 Å². The average Bonchev–Trinajstić information content (AvgIpc) is 3.21. The summed E-state index contributed by atoms with van der Waals surface area (Å²) in [4.78, 5) is 18.2. The first-order valence-corrected chi connectivity index (χ1v) is 11.3. The van der Waals surface area contributed by atoms with Crippen molar-refractivity contribution < 1.29 is 9.18 Å². The van der Waals surface area contributed by atoms with E-state index in [1.807, 2.05) is 48.5 Å². The Bertz CT molecular complexity index is 1110. The van der Waals surface area contributed by atoms with Gasteiger partial charge < -0.3 is 5.32 Å². The molecule has 4 aromatic rings. The van der Waals surface area contributed by atoms with Gasteiger partial charge in [-0.15, -0.1) is 11.3 Å². The molecule has 1 aromatic heterocycles. The van der Waals surface area contributed by atoms with Crippen LogP contribution in [-0.4, -0.2) is 16.6 Å². The molecule has 30 heavy (non-hydrogen) atoms. The van der Waals surface area contributed by atoms with Crippen molar-refractivity contribution in [2.75, 3.05) is 11.1 Å². The Labute approximate surface area is 186 Å². The minimum absolute atomic E-state index is 0.0274. The van der Waals surface area contributed by atoms with Crippen molar-refractivity contribution in [1.29, 1.82) is 0 Å². The van der Waals surface area contributed by atoms with Gasteiger partial charge in [-0.2, -0.15) is 0 Å². The lowest BCUT2D eigenvalue weighted by Crippen LogP contribution is -2.13. The highest BCUT2D eigenvalue weighted by atomic mass is 35.5. The molecule has 0 saturated heterocycles. The Morgan fingerprint density at radius 2 is 1.67 bits per heavy atom. The van der Waals surface area contributed by atoms with Gasteiger partial charge in [0, 0.05) is 11.3 Å². The van der Waals surface area contributed by atoms with E-state index >= 15 is 0 Å². The number of nitrogens with zero attached hydrogens (tertiary/aromatic N) is 1. The van der Waals surface area contributed by atoms with Crippen molar-refractivity contribution in [3.63, 3.8) is 0 Å². The summed E-state index contributed by atoms with van der Waals surface area (Å²) < 4.78 is 14.1. The van der Waals surface area contributed by atoms with Crippen molar-refractivity contribution in [3.8, 4) is 21.7 Å². The molecule has 7 heteroatoms. The van der Waals surface area contributed by atoms with Crippen molar-refractivity contribution in [2.45, 2.75) is 4.34 Å². The zero-order valence-electron chi connectivity index (χ0n) is 15.6. The first kappa shape index (κ1) is 20.6. The Morgan fingerprint density at radius 1 is 1.00 bits per heavy atom. The van der Waals surface area contributed by atoms with Crippen LogP contribution in [0, 0.1) is 5.82 Å². The number of halogens is 2. The highest BCUT2D eigenvalue weighted by Crippen LogP contribution is 2.40. The number of anilines is 1. The molecular weight excluding hydrogens is 439 g/mol. The lowest BCUT2D eigenvalue weighted by molar-refractivity contribution is -0.113. The summed E-state index contributed by atoms with van der Waals surface area (Å²) >= 11 is 8.70. The molecule has 1 amide bonds. The number of hydrogen-bond acceptors (Lipinski definition) is 4. The molecule has 3 aromatic carbocycles. The van der Waals surface area contributed by atoms with Crippen molar-refractivity contribution in [2.24, 2.45) is 0 Å². The van der Waals surface area contributed by atoms with Crippen LogP contribution in [0.3, 0.4) is 0 Å². The van der Waals surface area contributed by atoms with Crippen LogP contribution in [0.2, 0.25) is 5.02 Å². The van der Waals surface area contributed by atoms with Gasteiger partial charge in [-0.1, -0.05) is 84.0 Å². The van der Waals surface area contributed by atoms with Gasteiger partial charge in [-0.05, 0) is 23.8 Å². The predicted octanol–water partition coefficient (Wildman–Crippen LogP) is 7.00. The van der Waals surface area contributed by atoms with Gasteiger partial charge in [0.15, 0.2) is 4.34 Å². The molecule has 0 unspecified atom stereocenters. The first-order valence-electron chi connectivity index (χ1n) is 9.09. The fourth-order valence-corrected chi connectivity index (χ4v) is 4.99. The van der Waals surface area contributed by atoms with Crippen LogP contribution >= 0.6 is 34.7 Å². The first-order chi connectivity index (χ1) is 14.6. The van der Waals surface area contributed by atoms with Crippen LogP contribution in [0.25, 0.3) is 21.7 Å². The summed E-state index contributed by atoms with van der Waals surface area (Å²) in [6.07, 6.45) is 0. The predicted molar refractivity (Wildman–Crippen MR) is 124 cm³/mol. The summed E-state index contributed by atoms with van der Waals surface area (Å²) in [5.74, 6) is -0.542. The zero-order valence-corrected chi connectivity index (χ0v) is 18.0. The Hall–Kier alpha value is -2.67. The largest absolute Gasteiger partial charge is 0.325 e. The zero-order chi connectivity index (χ0) is 20.9. The van der Waals surface area contributed by atoms with E-state index in [0.29, 0.717) is 5.69 Å². The molecule has 1 N–H and O–H groups in total. The van der Waals surface area contributed by atoms with Gasteiger partial charge >= 0.3 is 0 Å². The Morgan fingerprint density at radius 3 is 2.33 bits per heavy atom. The highest BCUT2D eigenvalue weighted by molar-refractivity contribution is 8.01. The molecule has 0 aliphatic carbocycles. The van der Waals surface area contributed by atoms with Gasteiger partial charge in [0.2, 0.25) is 5.91 Å². The number of thiazole rings is 1. The molecule has 0 saturated carbocycles. The molecule has 0 fully saturated rings. The van der Waals surface area contributed by atoms with E-state index in [1.54, 1.807) is 11.3 Å². The fourth-order valence-electron chi connectivity index (χ4n) is 2.84. The van der Waals surface area contributed by atoms with E-state index in [0.717, 1.165) is 26.0 Å². The second-order valence-corrected chi connectivity index (χ2v) is 8.98. The van der Waals surface area contributed by atoms with Crippen LogP contribution in [0.1, 0.15) is 0 Å². The molecule has 3 nitrogen and oxygen atoms in total. The third-order valence-electron chi connectivity index (χ3n) is 4.22. The second kappa shape index (κ2) is 9.43. The van der Waals surface area contributed by atoms with E-state index in [2.05, 4.69) is 17.4 Å². The Kier molecular flexibility index (Phi) is 6.47. The van der Waals surface area contributed by atoms with E-state index in [-0.39, 0.29) is 16.7 Å². The van der Waals surface area contributed by atoms with Crippen LogP contribution < -0.4 is 5.32 Å². The maximum Gasteiger partial charge on any atom is 0.234 e. The molecular formula is C23H16ClFN2OS2. The molecule has 150 valence electrons. The van der Waals surface area contributed by atoms with Gasteiger partial charge in [0.25, 0.3) is 0 Å². The van der Waals surface area contributed by atoms with Gasteiger partial charge in [-0.25, -0.2) is 9.37 Å². The standard InChI is InChI=1S/C23H16ClFN2OS2/c24-18-13-17(11-12-19(18)25)26-20(28)14-29-23-27-21(15-7-3-1-4-8-15)22(30-23)16-9-5-2-6-10-16/h1-13H,14H2,(H,26,28). The van der Waals surface area contributed by atoms with Crippen LogP contribution in [0.15, 0.2) is 83.2 Å². The number of thioether (sulfide) groups is 1. The number of rotatable bonds is 6. The van der Waals surface area contributed by atoms with Crippen LogP contribution in [0.5, 0.6) is 0 Å². The number of nitrogens with one attached hydrogen (secondary N) is 1. The normalized spacial score (nSPS) is 10.7. The summed E-state index contributed by atoms with van der Waals surface area (Å²) in [5, 5.41) is 2.70. The number of benzene rings is 3. The lowest BCUT2D eigenvalue weighted by Gasteiger charge is -2.05. The Balaban J connectivity index is 1.52. The number of carbonyl (C=O) groups is 1. The maximum absolute atomic E-state index is 13.3. The lowest BCUT2D eigenvalue weighted by atomic mass is 10.1. The molecule has 0 aliphatic rings. The summed E-state index contributed by atoms with van der Waals surface area (Å²) in [5.41, 5.74) is 3.48. The smallest absolute Gasteiger partial charge is 0.234 e. The molecule has 0 bridgehead atoms. The summed E-state index contributed by atoms with van der Waals surface area (Å²) in [7, 11) is 0. The molecule has 4 rings (SSSR count). The highest BCUT2D eigenvalue weighted by Gasteiger charge is 2.16. The quantitative estimate of drug-likeness (QED) is 0.319. The summed E-state index contributed by atoms with van der Waals surface area (Å²) in [6, 6.07) is 24.2. The maximum atomic E-state index is 13.3. The number of aromatic nitrogens is 1. The van der Waals surface area contributed by atoms with Gasteiger partial charge in [-0.3, -0.25) is 4.79 Å². The molecule has 1 heterocycles. The van der Waals surface area contributed by atoms with Crippen molar-refractivity contribution in [3.05, 3.63) is 89.7 Å². The third-order valence-corrected chi connectivity index (χ3v) is 6.76. The van der Waals surface area contributed by atoms with Gasteiger partial charge in [0.1, 0.15) is 5.82 Å². The van der Waals surface area contributed by atoms with E-state index in [1.165, 1.54) is 30.0 Å². The van der Waals surface area contributed by atoms with Crippen LogP contribution in [0.4, 0.5) is 10.1 Å². The molecule has 0 aliphatic heterocycles. The van der Waals surface area contributed by atoms with Crippen molar-refractivity contribution >= 4 is 46.3 Å². The van der Waals surface area contributed by atoms with E-state index in [4.69, 9.17) is 16.6 Å². The number of amides is 1. The minimum Gasteiger partial charge on any atom is -0.325 e. The van der Waals surface area contributed by atoms with Crippen molar-refractivity contribution in [1.82, 2.24) is 4.98 Å². The second-order valence-electron chi connectivity index (χ2n) is 6.36. The molecule has 0 spiro atoms. The number of carbonyl (C=O) groups excluding carboxylic acids is 1. The van der Waals surface area contributed by atoms with E-state index < -0.39 is 5.82 Å². The minimum atomic E-state index is -0.520.